The summed E-state index contributed by atoms with van der Waals surface area (Å²) in [4.78, 5) is 23.1. The second-order valence-electron chi connectivity index (χ2n) is 7.08. The summed E-state index contributed by atoms with van der Waals surface area (Å²) in [5.74, 6) is -0.259. The van der Waals surface area contributed by atoms with Gasteiger partial charge < -0.3 is 20.5 Å². The number of carboxylic acid groups (broad SMARTS) is 1. The van der Waals surface area contributed by atoms with Crippen molar-refractivity contribution in [2.45, 2.75) is 57.6 Å². The number of rotatable bonds is 9. The lowest BCUT2D eigenvalue weighted by molar-refractivity contribution is -0.137. The summed E-state index contributed by atoms with van der Waals surface area (Å²) in [6, 6.07) is 9.37. The molecule has 1 fully saturated rings. The van der Waals surface area contributed by atoms with Crippen molar-refractivity contribution in [1.82, 2.24) is 10.6 Å². The zero-order chi connectivity index (χ0) is 18.8. The Bertz CT molecular complexity index is 564. The smallest absolute Gasteiger partial charge is 0.315 e. The van der Waals surface area contributed by atoms with Crippen molar-refractivity contribution in [3.05, 3.63) is 35.9 Å². The van der Waals surface area contributed by atoms with E-state index in [9.17, 15) is 9.59 Å². The van der Waals surface area contributed by atoms with Gasteiger partial charge in [0.05, 0.1) is 6.10 Å². The molecule has 0 saturated carbocycles. The van der Waals surface area contributed by atoms with Gasteiger partial charge in [0.2, 0.25) is 0 Å². The Hall–Kier alpha value is -2.08. The molecule has 3 N–H and O–H groups in total. The third-order valence-electron chi connectivity index (χ3n) is 4.80. The molecule has 2 rings (SSSR count). The summed E-state index contributed by atoms with van der Waals surface area (Å²) in [7, 11) is 0. The highest BCUT2D eigenvalue weighted by atomic mass is 16.5. The molecule has 1 aromatic rings. The van der Waals surface area contributed by atoms with E-state index in [-0.39, 0.29) is 18.5 Å². The molecular weight excluding hydrogens is 332 g/mol. The second-order valence-corrected chi connectivity index (χ2v) is 7.08. The van der Waals surface area contributed by atoms with Gasteiger partial charge in [-0.2, -0.15) is 0 Å². The quantitative estimate of drug-likeness (QED) is 0.630. The lowest BCUT2D eigenvalue weighted by atomic mass is 9.93. The van der Waals surface area contributed by atoms with Crippen LogP contribution in [0.25, 0.3) is 0 Å². The molecule has 6 nitrogen and oxygen atoms in total. The minimum atomic E-state index is -0.848. The zero-order valence-electron chi connectivity index (χ0n) is 15.4. The summed E-state index contributed by atoms with van der Waals surface area (Å²) in [6.07, 6.45) is 4.40. The summed E-state index contributed by atoms with van der Waals surface area (Å²) in [5, 5.41) is 14.8. The largest absolute Gasteiger partial charge is 0.481 e. The molecule has 1 saturated heterocycles. The molecule has 0 aromatic heterocycles. The van der Waals surface area contributed by atoms with E-state index in [1.807, 2.05) is 30.3 Å². The van der Waals surface area contributed by atoms with Crippen molar-refractivity contribution in [2.24, 2.45) is 5.92 Å². The number of carbonyl (C=O) groups is 2. The van der Waals surface area contributed by atoms with E-state index < -0.39 is 5.97 Å². The number of nitrogens with one attached hydrogen (secondary N) is 2. The van der Waals surface area contributed by atoms with Crippen molar-refractivity contribution in [1.29, 1.82) is 0 Å². The monoisotopic (exact) mass is 362 g/mol. The first-order valence-electron chi connectivity index (χ1n) is 9.44. The maximum Gasteiger partial charge on any atom is 0.315 e. The highest BCUT2D eigenvalue weighted by molar-refractivity contribution is 5.74. The van der Waals surface area contributed by atoms with E-state index in [4.69, 9.17) is 9.84 Å². The topological polar surface area (TPSA) is 87.7 Å². The van der Waals surface area contributed by atoms with Gasteiger partial charge in [0.25, 0.3) is 0 Å². The van der Waals surface area contributed by atoms with Crippen LogP contribution in [0, 0.1) is 5.92 Å². The molecule has 0 aliphatic carbocycles. The normalized spacial score (nSPS) is 21.0. The molecule has 1 aliphatic heterocycles. The fraction of sp³-hybridized carbons (Fsp3) is 0.600. The molecule has 0 spiro atoms. The Morgan fingerprint density at radius 3 is 2.77 bits per heavy atom. The Balaban J connectivity index is 1.76. The third kappa shape index (κ3) is 7.87. The highest BCUT2D eigenvalue weighted by Crippen LogP contribution is 2.22. The van der Waals surface area contributed by atoms with Crippen LogP contribution >= 0.6 is 0 Å². The number of ether oxygens (including phenoxy) is 1. The van der Waals surface area contributed by atoms with E-state index in [2.05, 4.69) is 17.6 Å². The Morgan fingerprint density at radius 2 is 2.08 bits per heavy atom. The number of benzene rings is 1. The first kappa shape index (κ1) is 20.2. The molecule has 144 valence electrons. The summed E-state index contributed by atoms with van der Waals surface area (Å²) in [6.45, 7) is 3.51. The Morgan fingerprint density at radius 1 is 1.31 bits per heavy atom. The van der Waals surface area contributed by atoms with Gasteiger partial charge in [0.1, 0.15) is 0 Å². The molecular formula is C20H30N2O4. The van der Waals surface area contributed by atoms with Gasteiger partial charge in [0.15, 0.2) is 0 Å². The lowest BCUT2D eigenvalue weighted by Crippen LogP contribution is -2.44. The minimum Gasteiger partial charge on any atom is -0.481 e. The zero-order valence-corrected chi connectivity index (χ0v) is 15.4. The first-order valence-corrected chi connectivity index (χ1v) is 9.44. The van der Waals surface area contributed by atoms with Crippen LogP contribution in [0.2, 0.25) is 0 Å². The SMILES string of the molecule is CC1CC(CCNC(=O)NC(CCC(=O)O)Cc2ccccc2)CCO1. The molecule has 2 amide bonds. The van der Waals surface area contributed by atoms with E-state index in [0.717, 1.165) is 31.4 Å². The van der Waals surface area contributed by atoms with Crippen LogP contribution in [-0.2, 0) is 16.0 Å². The predicted octanol–water partition coefficient (Wildman–Crippen LogP) is 2.97. The van der Waals surface area contributed by atoms with E-state index in [0.29, 0.717) is 31.4 Å². The Kier molecular flexibility index (Phi) is 8.41. The number of urea groups is 1. The molecule has 6 heteroatoms. The van der Waals surface area contributed by atoms with Gasteiger partial charge in [0, 0.05) is 25.6 Å². The summed E-state index contributed by atoms with van der Waals surface area (Å²) < 4.78 is 5.54. The van der Waals surface area contributed by atoms with Gasteiger partial charge in [-0.3, -0.25) is 4.79 Å². The van der Waals surface area contributed by atoms with Gasteiger partial charge >= 0.3 is 12.0 Å². The van der Waals surface area contributed by atoms with Crippen LogP contribution < -0.4 is 10.6 Å². The fourth-order valence-corrected chi connectivity index (χ4v) is 3.40. The molecule has 3 atom stereocenters. The number of hydrogen-bond donors (Lipinski definition) is 3. The van der Waals surface area contributed by atoms with Crippen molar-refractivity contribution in [2.75, 3.05) is 13.2 Å². The van der Waals surface area contributed by atoms with Crippen molar-refractivity contribution < 1.29 is 19.4 Å². The predicted molar refractivity (Wildman–Crippen MR) is 100 cm³/mol. The molecule has 1 aromatic carbocycles. The number of carboxylic acids is 1. The van der Waals surface area contributed by atoms with Crippen LogP contribution in [0.15, 0.2) is 30.3 Å². The summed E-state index contributed by atoms with van der Waals surface area (Å²) >= 11 is 0. The average molecular weight is 362 g/mol. The molecule has 0 bridgehead atoms. The van der Waals surface area contributed by atoms with Crippen molar-refractivity contribution >= 4 is 12.0 Å². The highest BCUT2D eigenvalue weighted by Gasteiger charge is 2.19. The second kappa shape index (κ2) is 10.8. The molecule has 1 aliphatic rings. The number of hydrogen-bond acceptors (Lipinski definition) is 3. The fourth-order valence-electron chi connectivity index (χ4n) is 3.40. The van der Waals surface area contributed by atoms with Gasteiger partial charge in [-0.05, 0) is 50.5 Å². The Labute approximate surface area is 155 Å². The lowest BCUT2D eigenvalue weighted by Gasteiger charge is -2.27. The molecule has 26 heavy (non-hydrogen) atoms. The molecule has 3 unspecified atom stereocenters. The van der Waals surface area contributed by atoms with E-state index >= 15 is 0 Å². The van der Waals surface area contributed by atoms with E-state index in [1.54, 1.807) is 0 Å². The van der Waals surface area contributed by atoms with Crippen LogP contribution in [0.3, 0.4) is 0 Å². The number of carbonyl (C=O) groups excluding carboxylic acids is 1. The summed E-state index contributed by atoms with van der Waals surface area (Å²) in [5.41, 5.74) is 1.08. The van der Waals surface area contributed by atoms with Crippen LogP contribution in [-0.4, -0.2) is 42.4 Å². The molecule has 0 radical (unpaired) electrons. The maximum atomic E-state index is 12.2. The molecule has 1 heterocycles. The number of amides is 2. The van der Waals surface area contributed by atoms with Crippen molar-refractivity contribution in [3.63, 3.8) is 0 Å². The standard InChI is InChI=1S/C20H30N2O4/c1-15-13-17(10-12-26-15)9-11-21-20(25)22-18(7-8-19(23)24)14-16-5-3-2-4-6-16/h2-6,15,17-18H,7-14H2,1H3,(H,23,24)(H2,21,22,25). The van der Waals surface area contributed by atoms with Gasteiger partial charge in [-0.1, -0.05) is 30.3 Å². The number of aliphatic carboxylic acids is 1. The van der Waals surface area contributed by atoms with Crippen LogP contribution in [0.1, 0.15) is 44.6 Å². The third-order valence-corrected chi connectivity index (χ3v) is 4.80. The van der Waals surface area contributed by atoms with Gasteiger partial charge in [-0.25, -0.2) is 4.79 Å². The average Bonchev–Trinajstić information content (AvgIpc) is 2.60. The van der Waals surface area contributed by atoms with Crippen molar-refractivity contribution in [3.8, 4) is 0 Å². The van der Waals surface area contributed by atoms with Crippen LogP contribution in [0.5, 0.6) is 0 Å². The first-order chi connectivity index (χ1) is 12.5. The van der Waals surface area contributed by atoms with E-state index in [1.165, 1.54) is 0 Å². The minimum absolute atomic E-state index is 0.0394. The van der Waals surface area contributed by atoms with Crippen LogP contribution in [0.4, 0.5) is 4.79 Å². The van der Waals surface area contributed by atoms with Gasteiger partial charge in [-0.15, -0.1) is 0 Å². The maximum absolute atomic E-state index is 12.2.